The van der Waals surface area contributed by atoms with E-state index in [9.17, 15) is 15.0 Å². The summed E-state index contributed by atoms with van der Waals surface area (Å²) in [5.41, 5.74) is 1.26. The van der Waals surface area contributed by atoms with E-state index in [1.54, 1.807) is 19.3 Å². The average Bonchev–Trinajstić information content (AvgIpc) is 2.81. The zero-order valence-corrected chi connectivity index (χ0v) is 18.2. The third-order valence-electron chi connectivity index (χ3n) is 7.03. The van der Waals surface area contributed by atoms with Gasteiger partial charge < -0.3 is 19.8 Å². The summed E-state index contributed by atoms with van der Waals surface area (Å²) >= 11 is 0. The van der Waals surface area contributed by atoms with Crippen molar-refractivity contribution >= 4 is 16.7 Å². The van der Waals surface area contributed by atoms with E-state index in [0.29, 0.717) is 37.9 Å². The Hall–Kier alpha value is -2.80. The summed E-state index contributed by atoms with van der Waals surface area (Å²) in [6.07, 6.45) is 4.39. The molecule has 0 bridgehead atoms. The molecule has 2 saturated heterocycles. The van der Waals surface area contributed by atoms with Crippen molar-refractivity contribution in [2.75, 3.05) is 19.7 Å². The zero-order chi connectivity index (χ0) is 22.3. The van der Waals surface area contributed by atoms with E-state index in [1.807, 2.05) is 47.4 Å². The number of likely N-dealkylation sites (tertiary alicyclic amines) is 1. The number of hydrogen-bond acceptors (Lipinski definition) is 5. The Kier molecular flexibility index (Phi) is 5.24. The Labute approximate surface area is 187 Å². The maximum absolute atomic E-state index is 13.2. The molecule has 2 fully saturated rings. The van der Waals surface area contributed by atoms with Crippen LogP contribution in [0.3, 0.4) is 0 Å². The van der Waals surface area contributed by atoms with Crippen LogP contribution in [0.25, 0.3) is 21.9 Å². The van der Waals surface area contributed by atoms with Gasteiger partial charge in [0.15, 0.2) is 0 Å². The maximum atomic E-state index is 13.2. The SMILES string of the molecule is C[C@]1(O)CC2(CCN(C(=O)c3ccc4c(-c5ccncc5)cccc4c3)CC2)OC[C@@H]1O. The molecule has 0 aliphatic carbocycles. The van der Waals surface area contributed by atoms with E-state index in [2.05, 4.69) is 11.1 Å². The zero-order valence-electron chi connectivity index (χ0n) is 18.2. The number of aromatic nitrogens is 1. The first-order valence-electron chi connectivity index (χ1n) is 11.1. The third kappa shape index (κ3) is 3.79. The van der Waals surface area contributed by atoms with Crippen molar-refractivity contribution in [2.45, 2.75) is 43.5 Å². The van der Waals surface area contributed by atoms with Crippen molar-refractivity contribution < 1.29 is 19.7 Å². The second-order valence-electron chi connectivity index (χ2n) is 9.31. The lowest BCUT2D eigenvalue weighted by molar-refractivity contribution is -0.221. The molecule has 1 aromatic heterocycles. The first-order valence-corrected chi connectivity index (χ1v) is 11.1. The monoisotopic (exact) mass is 432 g/mol. The van der Waals surface area contributed by atoms with Crippen LogP contribution in [-0.2, 0) is 4.74 Å². The Morgan fingerprint density at radius 3 is 2.59 bits per heavy atom. The first-order chi connectivity index (χ1) is 15.4. The lowest BCUT2D eigenvalue weighted by atomic mass is 9.76. The lowest BCUT2D eigenvalue weighted by Crippen LogP contribution is -2.59. The molecule has 2 aliphatic rings. The van der Waals surface area contributed by atoms with Crippen molar-refractivity contribution in [1.82, 2.24) is 9.88 Å². The van der Waals surface area contributed by atoms with Gasteiger partial charge in [0.05, 0.1) is 17.8 Å². The summed E-state index contributed by atoms with van der Waals surface area (Å²) in [5.74, 6) is 0.0127. The van der Waals surface area contributed by atoms with E-state index in [-0.39, 0.29) is 12.5 Å². The fourth-order valence-electron chi connectivity index (χ4n) is 5.08. The number of amides is 1. The summed E-state index contributed by atoms with van der Waals surface area (Å²) in [4.78, 5) is 19.2. The topological polar surface area (TPSA) is 82.9 Å². The van der Waals surface area contributed by atoms with Gasteiger partial charge in [-0.1, -0.05) is 24.3 Å². The van der Waals surface area contributed by atoms with Crippen molar-refractivity contribution in [3.05, 3.63) is 66.5 Å². The second kappa shape index (κ2) is 7.96. The van der Waals surface area contributed by atoms with Crippen molar-refractivity contribution in [2.24, 2.45) is 0 Å². The number of aliphatic hydroxyl groups is 2. The molecule has 3 heterocycles. The Bertz CT molecular complexity index is 1140. The van der Waals surface area contributed by atoms with Crippen LogP contribution >= 0.6 is 0 Å². The van der Waals surface area contributed by atoms with Gasteiger partial charge >= 0.3 is 0 Å². The van der Waals surface area contributed by atoms with E-state index in [4.69, 9.17) is 4.74 Å². The van der Waals surface area contributed by atoms with Crippen LogP contribution in [0.4, 0.5) is 0 Å². The number of ether oxygens (including phenoxy) is 1. The maximum Gasteiger partial charge on any atom is 0.253 e. The summed E-state index contributed by atoms with van der Waals surface area (Å²) in [5, 5.41) is 22.6. The van der Waals surface area contributed by atoms with Crippen LogP contribution in [0.2, 0.25) is 0 Å². The van der Waals surface area contributed by atoms with Gasteiger partial charge in [0, 0.05) is 37.5 Å². The van der Waals surface area contributed by atoms with Gasteiger partial charge in [0.2, 0.25) is 0 Å². The molecular formula is C26H28N2O4. The van der Waals surface area contributed by atoms with Crippen LogP contribution in [-0.4, -0.2) is 63.0 Å². The molecule has 166 valence electrons. The highest BCUT2D eigenvalue weighted by Gasteiger charge is 2.49. The number of rotatable bonds is 2. The summed E-state index contributed by atoms with van der Waals surface area (Å²) in [7, 11) is 0. The minimum atomic E-state index is -1.16. The highest BCUT2D eigenvalue weighted by atomic mass is 16.5. The molecular weight excluding hydrogens is 404 g/mol. The molecule has 0 unspecified atom stereocenters. The van der Waals surface area contributed by atoms with E-state index in [0.717, 1.165) is 21.9 Å². The van der Waals surface area contributed by atoms with Gasteiger partial charge in [-0.05, 0) is 65.9 Å². The van der Waals surface area contributed by atoms with Crippen molar-refractivity contribution in [3.63, 3.8) is 0 Å². The van der Waals surface area contributed by atoms with Gasteiger partial charge in [-0.3, -0.25) is 9.78 Å². The number of pyridine rings is 1. The number of piperidine rings is 1. The number of nitrogens with zero attached hydrogens (tertiary/aromatic N) is 2. The average molecular weight is 433 g/mol. The standard InChI is InChI=1S/C26H28N2O4/c1-25(31)17-26(32-16-23(25)29)9-13-28(14-10-26)24(30)20-5-6-22-19(15-20)3-2-4-21(22)18-7-11-27-12-8-18/h2-8,11-12,15,23,29,31H,9-10,13-14,16-17H2,1H3/t23-,25-/m0/s1. The first kappa shape index (κ1) is 21.1. The van der Waals surface area contributed by atoms with Gasteiger partial charge in [0.1, 0.15) is 6.10 Å². The van der Waals surface area contributed by atoms with Crippen molar-refractivity contribution in [1.29, 1.82) is 0 Å². The third-order valence-corrected chi connectivity index (χ3v) is 7.03. The van der Waals surface area contributed by atoms with Gasteiger partial charge in [-0.25, -0.2) is 0 Å². The molecule has 2 aliphatic heterocycles. The van der Waals surface area contributed by atoms with E-state index in [1.165, 1.54) is 0 Å². The molecule has 6 nitrogen and oxygen atoms in total. The van der Waals surface area contributed by atoms with Crippen molar-refractivity contribution in [3.8, 4) is 11.1 Å². The van der Waals surface area contributed by atoms with Gasteiger partial charge in [-0.2, -0.15) is 0 Å². The number of benzene rings is 2. The molecule has 2 N–H and O–H groups in total. The second-order valence-corrected chi connectivity index (χ2v) is 9.31. The Balaban J connectivity index is 1.34. The normalized spacial score (nSPS) is 25.2. The van der Waals surface area contributed by atoms with E-state index < -0.39 is 17.3 Å². The molecule has 1 amide bonds. The predicted molar refractivity (Wildman–Crippen MR) is 122 cm³/mol. The molecule has 3 aromatic rings. The molecule has 2 atom stereocenters. The molecule has 2 aromatic carbocycles. The van der Waals surface area contributed by atoms with E-state index >= 15 is 0 Å². The summed E-state index contributed by atoms with van der Waals surface area (Å²) in [6, 6.07) is 16.0. The predicted octanol–water partition coefficient (Wildman–Crippen LogP) is 3.41. The van der Waals surface area contributed by atoms with Crippen LogP contribution in [0, 0.1) is 0 Å². The van der Waals surface area contributed by atoms with Crippen LogP contribution in [0.15, 0.2) is 60.9 Å². The minimum absolute atomic E-state index is 0.0127. The Morgan fingerprint density at radius 2 is 1.88 bits per heavy atom. The molecule has 0 radical (unpaired) electrons. The number of aliphatic hydroxyl groups excluding tert-OH is 1. The quantitative estimate of drug-likeness (QED) is 0.649. The smallest absolute Gasteiger partial charge is 0.253 e. The minimum Gasteiger partial charge on any atom is -0.388 e. The highest BCUT2D eigenvalue weighted by molar-refractivity contribution is 6.02. The molecule has 5 rings (SSSR count). The largest absolute Gasteiger partial charge is 0.388 e. The number of carbonyl (C=O) groups is 1. The lowest BCUT2D eigenvalue weighted by Gasteiger charge is -2.49. The Morgan fingerprint density at radius 1 is 1.12 bits per heavy atom. The highest BCUT2D eigenvalue weighted by Crippen LogP contribution is 2.40. The summed E-state index contributed by atoms with van der Waals surface area (Å²) in [6.45, 7) is 2.93. The molecule has 32 heavy (non-hydrogen) atoms. The van der Waals surface area contributed by atoms with Crippen LogP contribution < -0.4 is 0 Å². The van der Waals surface area contributed by atoms with Crippen LogP contribution in [0.5, 0.6) is 0 Å². The number of carbonyl (C=O) groups excluding carboxylic acids is 1. The fourth-order valence-corrected chi connectivity index (χ4v) is 5.08. The molecule has 0 saturated carbocycles. The number of hydrogen-bond donors (Lipinski definition) is 2. The number of fused-ring (bicyclic) bond motifs is 1. The molecule has 6 heteroatoms. The summed E-state index contributed by atoms with van der Waals surface area (Å²) < 4.78 is 5.95. The molecule has 1 spiro atoms. The fraction of sp³-hybridized carbons (Fsp3) is 0.385. The van der Waals surface area contributed by atoms with Gasteiger partial charge in [0.25, 0.3) is 5.91 Å². The van der Waals surface area contributed by atoms with Crippen LogP contribution in [0.1, 0.15) is 36.5 Å². The van der Waals surface area contributed by atoms with Gasteiger partial charge in [-0.15, -0.1) is 0 Å².